The molecule has 0 bridgehead atoms. The van der Waals surface area contributed by atoms with Crippen molar-refractivity contribution in [1.29, 1.82) is 0 Å². The van der Waals surface area contributed by atoms with Gasteiger partial charge < -0.3 is 9.73 Å². The summed E-state index contributed by atoms with van der Waals surface area (Å²) in [5, 5.41) is 14.0. The first-order chi connectivity index (χ1) is 11.7. The van der Waals surface area contributed by atoms with Crippen LogP contribution in [0.1, 0.15) is 11.5 Å². The molecule has 122 valence electrons. The first-order valence-electron chi connectivity index (χ1n) is 7.66. The Morgan fingerprint density at radius 3 is 2.62 bits per heavy atom. The maximum Gasteiger partial charge on any atom is 0.269 e. The van der Waals surface area contributed by atoms with Crippen molar-refractivity contribution in [3.8, 4) is 11.3 Å². The van der Waals surface area contributed by atoms with Gasteiger partial charge in [0.25, 0.3) is 5.69 Å². The molecule has 3 rings (SSSR count). The van der Waals surface area contributed by atoms with Crippen LogP contribution in [0, 0.1) is 10.1 Å². The van der Waals surface area contributed by atoms with Gasteiger partial charge in [0.05, 0.1) is 11.5 Å². The Labute approximate surface area is 139 Å². The molecule has 0 amide bonds. The molecule has 0 aliphatic carbocycles. The number of furan rings is 1. The highest BCUT2D eigenvalue weighted by molar-refractivity contribution is 5.59. The number of nitrogens with one attached hydrogen (secondary N) is 1. The zero-order chi connectivity index (χ0) is 16.8. The van der Waals surface area contributed by atoms with Crippen LogP contribution >= 0.6 is 0 Å². The largest absolute Gasteiger partial charge is 0.460 e. The highest BCUT2D eigenvalue weighted by atomic mass is 16.6. The smallest absolute Gasteiger partial charge is 0.269 e. The quantitative estimate of drug-likeness (QED) is 0.408. The summed E-state index contributed by atoms with van der Waals surface area (Å²) in [5.41, 5.74) is 1.94. The van der Waals surface area contributed by atoms with E-state index in [4.69, 9.17) is 4.42 Å². The number of aromatic nitrogens is 1. The number of non-ortho nitro benzene ring substituents is 1. The van der Waals surface area contributed by atoms with Crippen LogP contribution < -0.4 is 5.32 Å². The fourth-order valence-corrected chi connectivity index (χ4v) is 2.35. The van der Waals surface area contributed by atoms with Gasteiger partial charge in [0, 0.05) is 42.6 Å². The fourth-order valence-electron chi connectivity index (χ4n) is 2.35. The summed E-state index contributed by atoms with van der Waals surface area (Å²) >= 11 is 0. The zero-order valence-corrected chi connectivity index (χ0v) is 13.0. The van der Waals surface area contributed by atoms with Crippen molar-refractivity contribution in [1.82, 2.24) is 10.3 Å². The highest BCUT2D eigenvalue weighted by Gasteiger charge is 2.08. The molecule has 2 aromatic heterocycles. The Morgan fingerprint density at radius 1 is 1.08 bits per heavy atom. The average molecular weight is 323 g/mol. The number of rotatable bonds is 7. The molecule has 24 heavy (non-hydrogen) atoms. The second kappa shape index (κ2) is 7.52. The summed E-state index contributed by atoms with van der Waals surface area (Å²) in [4.78, 5) is 14.5. The normalized spacial score (nSPS) is 10.7. The van der Waals surface area contributed by atoms with E-state index in [0.717, 1.165) is 30.0 Å². The van der Waals surface area contributed by atoms with E-state index >= 15 is 0 Å². The van der Waals surface area contributed by atoms with Gasteiger partial charge in [-0.2, -0.15) is 0 Å². The molecule has 1 N–H and O–H groups in total. The van der Waals surface area contributed by atoms with Crippen LogP contribution in [0.5, 0.6) is 0 Å². The molecule has 6 nitrogen and oxygen atoms in total. The lowest BCUT2D eigenvalue weighted by Crippen LogP contribution is -2.16. The van der Waals surface area contributed by atoms with Crippen molar-refractivity contribution in [3.63, 3.8) is 0 Å². The Hall–Kier alpha value is -2.99. The molecule has 0 saturated carbocycles. The standard InChI is InChI=1S/C18H17N3O3/c22-21(23)16-6-4-14(5-7-16)18-9-8-17(24-18)13-19-12-10-15-3-1-2-11-20-15/h1-9,11,19H,10,12-13H2. The van der Waals surface area contributed by atoms with Gasteiger partial charge in [0.15, 0.2) is 0 Å². The van der Waals surface area contributed by atoms with Crippen molar-refractivity contribution in [3.05, 3.63) is 82.4 Å². The lowest BCUT2D eigenvalue weighted by atomic mass is 10.1. The second-order valence-electron chi connectivity index (χ2n) is 5.32. The van der Waals surface area contributed by atoms with Crippen LogP contribution in [0.15, 0.2) is 65.2 Å². The summed E-state index contributed by atoms with van der Waals surface area (Å²) < 4.78 is 5.77. The molecule has 1 aromatic carbocycles. The van der Waals surface area contributed by atoms with Crippen molar-refractivity contribution in [2.45, 2.75) is 13.0 Å². The van der Waals surface area contributed by atoms with E-state index in [9.17, 15) is 10.1 Å². The number of benzene rings is 1. The van der Waals surface area contributed by atoms with Crippen molar-refractivity contribution in [2.24, 2.45) is 0 Å². The van der Waals surface area contributed by atoms with Gasteiger partial charge in [-0.25, -0.2) is 0 Å². The van der Waals surface area contributed by atoms with Crippen molar-refractivity contribution < 1.29 is 9.34 Å². The van der Waals surface area contributed by atoms with Crippen LogP contribution in [-0.2, 0) is 13.0 Å². The minimum absolute atomic E-state index is 0.0710. The van der Waals surface area contributed by atoms with E-state index in [1.807, 2.05) is 30.3 Å². The van der Waals surface area contributed by atoms with E-state index in [1.165, 1.54) is 12.1 Å². The SMILES string of the molecule is O=[N+]([O-])c1ccc(-c2ccc(CNCCc3ccccn3)o2)cc1. The molecule has 0 fully saturated rings. The van der Waals surface area contributed by atoms with Gasteiger partial charge in [-0.05, 0) is 36.4 Å². The number of hydrogen-bond acceptors (Lipinski definition) is 5. The lowest BCUT2D eigenvalue weighted by Gasteiger charge is -2.02. The molecule has 0 aliphatic rings. The van der Waals surface area contributed by atoms with Gasteiger partial charge >= 0.3 is 0 Å². The van der Waals surface area contributed by atoms with Crippen LogP contribution in [0.25, 0.3) is 11.3 Å². The summed E-state index contributed by atoms with van der Waals surface area (Å²) in [7, 11) is 0. The van der Waals surface area contributed by atoms with Crippen LogP contribution in [0.3, 0.4) is 0 Å². The van der Waals surface area contributed by atoms with Gasteiger partial charge in [-0.1, -0.05) is 6.07 Å². The lowest BCUT2D eigenvalue weighted by molar-refractivity contribution is -0.384. The van der Waals surface area contributed by atoms with Gasteiger partial charge in [0.1, 0.15) is 11.5 Å². The zero-order valence-electron chi connectivity index (χ0n) is 13.0. The monoisotopic (exact) mass is 323 g/mol. The molecular weight excluding hydrogens is 306 g/mol. The number of hydrogen-bond donors (Lipinski definition) is 1. The summed E-state index contributed by atoms with van der Waals surface area (Å²) in [6.07, 6.45) is 2.65. The second-order valence-corrected chi connectivity index (χ2v) is 5.32. The molecule has 0 spiro atoms. The summed E-state index contributed by atoms with van der Waals surface area (Å²) in [6.45, 7) is 1.43. The predicted molar refractivity (Wildman–Crippen MR) is 90.4 cm³/mol. The molecule has 0 aliphatic heterocycles. The maximum atomic E-state index is 10.7. The van der Waals surface area contributed by atoms with E-state index in [2.05, 4.69) is 10.3 Å². The van der Waals surface area contributed by atoms with Gasteiger partial charge in [0.2, 0.25) is 0 Å². The molecule has 0 radical (unpaired) electrons. The minimum Gasteiger partial charge on any atom is -0.460 e. The van der Waals surface area contributed by atoms with Crippen molar-refractivity contribution in [2.75, 3.05) is 6.54 Å². The minimum atomic E-state index is -0.414. The number of pyridine rings is 1. The van der Waals surface area contributed by atoms with Crippen LogP contribution in [0.4, 0.5) is 5.69 Å². The van der Waals surface area contributed by atoms with Crippen molar-refractivity contribution >= 4 is 5.69 Å². The molecule has 3 aromatic rings. The van der Waals surface area contributed by atoms with E-state index in [1.54, 1.807) is 18.3 Å². The Balaban J connectivity index is 1.52. The molecule has 2 heterocycles. The third-order valence-corrected chi connectivity index (χ3v) is 3.61. The predicted octanol–water partition coefficient (Wildman–Crippen LogP) is 3.58. The maximum absolute atomic E-state index is 10.7. The summed E-state index contributed by atoms with van der Waals surface area (Å²) in [6, 6.07) is 16.0. The third-order valence-electron chi connectivity index (χ3n) is 3.61. The summed E-state index contributed by atoms with van der Waals surface area (Å²) in [5.74, 6) is 1.52. The first-order valence-corrected chi connectivity index (χ1v) is 7.66. The Kier molecular flexibility index (Phi) is 4.98. The average Bonchev–Trinajstić information content (AvgIpc) is 3.09. The molecule has 0 unspecified atom stereocenters. The van der Waals surface area contributed by atoms with Crippen LogP contribution in [0.2, 0.25) is 0 Å². The van der Waals surface area contributed by atoms with Gasteiger partial charge in [-0.3, -0.25) is 15.1 Å². The molecule has 6 heteroatoms. The highest BCUT2D eigenvalue weighted by Crippen LogP contribution is 2.24. The number of nitrogens with zero attached hydrogens (tertiary/aromatic N) is 2. The molecule has 0 saturated heterocycles. The molecular formula is C18H17N3O3. The van der Waals surface area contributed by atoms with E-state index in [-0.39, 0.29) is 5.69 Å². The van der Waals surface area contributed by atoms with Crippen LogP contribution in [-0.4, -0.2) is 16.5 Å². The van der Waals surface area contributed by atoms with E-state index < -0.39 is 4.92 Å². The third kappa shape index (κ3) is 4.05. The van der Waals surface area contributed by atoms with E-state index in [0.29, 0.717) is 12.3 Å². The Morgan fingerprint density at radius 2 is 1.92 bits per heavy atom. The number of nitro groups is 1. The van der Waals surface area contributed by atoms with Gasteiger partial charge in [-0.15, -0.1) is 0 Å². The fraction of sp³-hybridized carbons (Fsp3) is 0.167. The first kappa shape index (κ1) is 15.9. The Bertz CT molecular complexity index is 798. The topological polar surface area (TPSA) is 81.2 Å². The number of nitro benzene ring substituents is 1. The molecule has 0 atom stereocenters.